The summed E-state index contributed by atoms with van der Waals surface area (Å²) in [5.41, 5.74) is 4.14. The molecule has 0 saturated heterocycles. The molecule has 0 spiro atoms. The summed E-state index contributed by atoms with van der Waals surface area (Å²) in [6.07, 6.45) is 2.76. The van der Waals surface area contributed by atoms with Crippen LogP contribution in [0.5, 0.6) is 0 Å². The fourth-order valence-electron chi connectivity index (χ4n) is 3.67. The van der Waals surface area contributed by atoms with Gasteiger partial charge in [0.1, 0.15) is 11.6 Å². The number of rotatable bonds is 6. The van der Waals surface area contributed by atoms with Crippen LogP contribution in [-0.2, 0) is 13.0 Å². The Kier molecular flexibility index (Phi) is 7.30. The molecule has 8 heteroatoms. The lowest BCUT2D eigenvalue weighted by Gasteiger charge is -2.13. The molecule has 2 aromatic carbocycles. The zero-order valence-corrected chi connectivity index (χ0v) is 19.4. The van der Waals surface area contributed by atoms with Gasteiger partial charge in [0.05, 0.1) is 11.0 Å². The van der Waals surface area contributed by atoms with Crippen LogP contribution in [0.15, 0.2) is 53.7 Å². The minimum absolute atomic E-state index is 0. The van der Waals surface area contributed by atoms with Crippen LogP contribution in [0, 0.1) is 12.7 Å². The molecule has 0 bridgehead atoms. The van der Waals surface area contributed by atoms with E-state index in [1.165, 1.54) is 12.1 Å². The average molecular weight is 520 g/mol. The Balaban J connectivity index is 0.00000256. The molecule has 0 aliphatic rings. The minimum Gasteiger partial charge on any atom is -0.361 e. The molecular weight excluding hydrogens is 494 g/mol. The molecule has 0 aliphatic heterocycles. The van der Waals surface area contributed by atoms with Gasteiger partial charge in [-0.1, -0.05) is 12.1 Å². The van der Waals surface area contributed by atoms with Gasteiger partial charge in [0.25, 0.3) is 0 Å². The molecular formula is C22H26FIN6. The molecule has 4 rings (SSSR count). The fraction of sp³-hybridized carbons (Fsp3) is 0.273. The van der Waals surface area contributed by atoms with Gasteiger partial charge in [-0.2, -0.15) is 0 Å². The predicted octanol–water partition coefficient (Wildman–Crippen LogP) is 3.99. The largest absolute Gasteiger partial charge is 0.361 e. The van der Waals surface area contributed by atoms with Crippen molar-refractivity contribution in [1.82, 2.24) is 25.2 Å². The Bertz CT molecular complexity index is 1160. The van der Waals surface area contributed by atoms with E-state index in [1.807, 2.05) is 37.4 Å². The quantitative estimate of drug-likeness (QED) is 0.205. The number of guanidine groups is 1. The normalized spacial score (nSPS) is 11.6. The Morgan fingerprint density at radius 2 is 1.97 bits per heavy atom. The lowest BCUT2D eigenvalue weighted by atomic mass is 10.1. The highest BCUT2D eigenvalue weighted by Gasteiger charge is 2.07. The molecule has 0 amide bonds. The van der Waals surface area contributed by atoms with E-state index in [1.54, 1.807) is 7.05 Å². The van der Waals surface area contributed by atoms with Crippen molar-refractivity contribution in [3.05, 3.63) is 65.9 Å². The molecule has 30 heavy (non-hydrogen) atoms. The van der Waals surface area contributed by atoms with E-state index in [4.69, 9.17) is 0 Å². The smallest absolute Gasteiger partial charge is 0.191 e. The highest BCUT2D eigenvalue weighted by atomic mass is 127. The number of nitrogens with one attached hydrogen (secondary N) is 3. The average Bonchev–Trinajstić information content (AvgIpc) is 3.26. The van der Waals surface area contributed by atoms with E-state index in [0.717, 1.165) is 65.3 Å². The minimum atomic E-state index is -0.227. The van der Waals surface area contributed by atoms with Gasteiger partial charge in [0.2, 0.25) is 0 Å². The van der Waals surface area contributed by atoms with Crippen LogP contribution in [0.25, 0.3) is 21.9 Å². The number of aromatic nitrogens is 3. The van der Waals surface area contributed by atoms with Gasteiger partial charge in [-0.25, -0.2) is 9.37 Å². The lowest BCUT2D eigenvalue weighted by molar-refractivity contribution is 0.629. The summed E-state index contributed by atoms with van der Waals surface area (Å²) < 4.78 is 15.5. The van der Waals surface area contributed by atoms with Crippen LogP contribution >= 0.6 is 24.0 Å². The first-order valence-corrected chi connectivity index (χ1v) is 9.77. The third kappa shape index (κ3) is 4.75. The number of imidazole rings is 1. The van der Waals surface area contributed by atoms with Crippen LogP contribution in [0.2, 0.25) is 0 Å². The standard InChI is InChI=1S/C22H25FN6.HI/c1-15-28-19-5-3-4-6-21(19)29(15)12-11-26-22(24-2)25-10-9-16-14-27-20-13-17(23)7-8-18(16)20;/h3-8,13-14,27H,9-12H2,1-2H3,(H2,24,25,26);1H. The first-order chi connectivity index (χ1) is 14.2. The SMILES string of the molecule is CN=C(NCCc1c[nH]c2cc(F)ccc12)NCCn1c(C)nc2ccccc21.I. The summed E-state index contributed by atoms with van der Waals surface area (Å²) in [7, 11) is 1.77. The molecule has 0 saturated carbocycles. The van der Waals surface area contributed by atoms with Crippen molar-refractivity contribution in [3.63, 3.8) is 0 Å². The van der Waals surface area contributed by atoms with Gasteiger partial charge in [0.15, 0.2) is 5.96 Å². The van der Waals surface area contributed by atoms with Crippen LogP contribution in [-0.4, -0.2) is 40.6 Å². The Hall–Kier alpha value is -2.62. The zero-order valence-electron chi connectivity index (χ0n) is 17.1. The summed E-state index contributed by atoms with van der Waals surface area (Å²) >= 11 is 0. The van der Waals surface area contributed by atoms with Crippen LogP contribution in [0.3, 0.4) is 0 Å². The summed E-state index contributed by atoms with van der Waals surface area (Å²) in [6, 6.07) is 13.0. The van der Waals surface area contributed by atoms with Crippen molar-refractivity contribution in [2.75, 3.05) is 20.1 Å². The second kappa shape index (κ2) is 9.92. The third-order valence-electron chi connectivity index (χ3n) is 5.11. The Morgan fingerprint density at radius 3 is 2.80 bits per heavy atom. The van der Waals surface area contributed by atoms with Gasteiger partial charge < -0.3 is 20.2 Å². The van der Waals surface area contributed by atoms with Gasteiger partial charge >= 0.3 is 0 Å². The number of para-hydroxylation sites is 2. The van der Waals surface area contributed by atoms with E-state index >= 15 is 0 Å². The molecule has 4 aromatic rings. The van der Waals surface area contributed by atoms with Crippen LogP contribution in [0.4, 0.5) is 4.39 Å². The highest BCUT2D eigenvalue weighted by molar-refractivity contribution is 14.0. The van der Waals surface area contributed by atoms with Crippen LogP contribution < -0.4 is 10.6 Å². The molecule has 0 atom stereocenters. The number of nitrogens with zero attached hydrogens (tertiary/aromatic N) is 3. The number of aryl methyl sites for hydroxylation is 1. The molecule has 2 heterocycles. The summed E-state index contributed by atoms with van der Waals surface area (Å²) in [6.45, 7) is 4.31. The monoisotopic (exact) mass is 520 g/mol. The van der Waals surface area contributed by atoms with Crippen molar-refractivity contribution >= 4 is 51.9 Å². The highest BCUT2D eigenvalue weighted by Crippen LogP contribution is 2.19. The number of halogens is 2. The number of benzene rings is 2. The molecule has 158 valence electrons. The maximum absolute atomic E-state index is 13.3. The van der Waals surface area contributed by atoms with Gasteiger partial charge in [-0.15, -0.1) is 24.0 Å². The molecule has 0 unspecified atom stereocenters. The number of hydrogen-bond acceptors (Lipinski definition) is 2. The second-order valence-corrected chi connectivity index (χ2v) is 6.98. The summed E-state index contributed by atoms with van der Waals surface area (Å²) in [5.74, 6) is 1.54. The summed E-state index contributed by atoms with van der Waals surface area (Å²) in [4.78, 5) is 12.0. The number of aromatic amines is 1. The molecule has 0 fully saturated rings. The Morgan fingerprint density at radius 1 is 1.17 bits per heavy atom. The van der Waals surface area contributed by atoms with Crippen molar-refractivity contribution in [2.24, 2.45) is 4.99 Å². The van der Waals surface area contributed by atoms with E-state index < -0.39 is 0 Å². The first-order valence-electron chi connectivity index (χ1n) is 9.77. The third-order valence-corrected chi connectivity index (χ3v) is 5.11. The first kappa shape index (κ1) is 22.1. The van der Waals surface area contributed by atoms with E-state index in [-0.39, 0.29) is 29.8 Å². The van der Waals surface area contributed by atoms with Gasteiger partial charge in [-0.3, -0.25) is 4.99 Å². The zero-order chi connectivity index (χ0) is 20.2. The molecule has 0 radical (unpaired) electrons. The maximum atomic E-state index is 13.3. The molecule has 2 aromatic heterocycles. The van der Waals surface area contributed by atoms with E-state index in [2.05, 4.69) is 36.2 Å². The molecule has 3 N–H and O–H groups in total. The lowest BCUT2D eigenvalue weighted by Crippen LogP contribution is -2.39. The number of hydrogen-bond donors (Lipinski definition) is 3. The second-order valence-electron chi connectivity index (χ2n) is 6.98. The van der Waals surface area contributed by atoms with Gasteiger partial charge in [0, 0.05) is 43.8 Å². The van der Waals surface area contributed by atoms with Crippen LogP contribution in [0.1, 0.15) is 11.4 Å². The van der Waals surface area contributed by atoms with Crippen molar-refractivity contribution in [3.8, 4) is 0 Å². The predicted molar refractivity (Wildman–Crippen MR) is 131 cm³/mol. The number of H-pyrrole nitrogens is 1. The van der Waals surface area contributed by atoms with Crippen molar-refractivity contribution < 1.29 is 4.39 Å². The van der Waals surface area contributed by atoms with Crippen molar-refractivity contribution in [1.29, 1.82) is 0 Å². The fourth-order valence-corrected chi connectivity index (χ4v) is 3.67. The number of aliphatic imine (C=N–C) groups is 1. The summed E-state index contributed by atoms with van der Waals surface area (Å²) in [5, 5.41) is 7.75. The van der Waals surface area contributed by atoms with Crippen molar-refractivity contribution in [2.45, 2.75) is 19.9 Å². The van der Waals surface area contributed by atoms with Gasteiger partial charge in [-0.05, 0) is 49.2 Å². The van der Waals surface area contributed by atoms with E-state index in [9.17, 15) is 4.39 Å². The maximum Gasteiger partial charge on any atom is 0.191 e. The molecule has 0 aliphatic carbocycles. The van der Waals surface area contributed by atoms with E-state index in [0.29, 0.717) is 0 Å². The Labute approximate surface area is 192 Å². The topological polar surface area (TPSA) is 70.0 Å². The number of fused-ring (bicyclic) bond motifs is 2. The molecule has 6 nitrogen and oxygen atoms in total.